The van der Waals surface area contributed by atoms with Crippen molar-refractivity contribution in [2.75, 3.05) is 26.2 Å². The fourth-order valence-electron chi connectivity index (χ4n) is 3.42. The van der Waals surface area contributed by atoms with Gasteiger partial charge in [0.2, 0.25) is 10.0 Å². The third-order valence-electron chi connectivity index (χ3n) is 5.06. The smallest absolute Gasteiger partial charge is 0.243 e. The van der Waals surface area contributed by atoms with Gasteiger partial charge in [0, 0.05) is 16.5 Å². The molecule has 1 aliphatic rings. The lowest BCUT2D eigenvalue weighted by Crippen LogP contribution is -2.47. The van der Waals surface area contributed by atoms with Gasteiger partial charge in [0.1, 0.15) is 18.2 Å². The average molecular weight is 532 g/mol. The number of halogens is 2. The molecular formula is C21H26FIN2O3S. The van der Waals surface area contributed by atoms with Crippen molar-refractivity contribution in [1.82, 2.24) is 9.62 Å². The highest BCUT2D eigenvalue weighted by molar-refractivity contribution is 14.1. The van der Waals surface area contributed by atoms with Crippen LogP contribution in [0.5, 0.6) is 5.75 Å². The van der Waals surface area contributed by atoms with Crippen LogP contribution in [0.15, 0.2) is 53.4 Å². The molecule has 1 N–H and O–H groups in total. The van der Waals surface area contributed by atoms with Gasteiger partial charge >= 0.3 is 0 Å². The molecule has 29 heavy (non-hydrogen) atoms. The van der Waals surface area contributed by atoms with E-state index in [-0.39, 0.29) is 25.0 Å². The molecule has 2 aromatic rings. The van der Waals surface area contributed by atoms with E-state index in [1.165, 1.54) is 12.1 Å². The van der Waals surface area contributed by atoms with Gasteiger partial charge in [-0.25, -0.2) is 12.8 Å². The summed E-state index contributed by atoms with van der Waals surface area (Å²) in [6.45, 7) is 4.10. The molecule has 1 atom stereocenters. The maximum atomic E-state index is 13.4. The minimum atomic E-state index is -3.64. The van der Waals surface area contributed by atoms with Crippen LogP contribution in [0.2, 0.25) is 0 Å². The lowest BCUT2D eigenvalue weighted by atomic mass is 10.1. The molecule has 0 aliphatic carbocycles. The van der Waals surface area contributed by atoms with E-state index in [1.807, 2.05) is 12.1 Å². The summed E-state index contributed by atoms with van der Waals surface area (Å²) >= 11 is 2.31. The summed E-state index contributed by atoms with van der Waals surface area (Å²) in [5.74, 6) is 0.190. The monoisotopic (exact) mass is 532 g/mol. The number of nitrogens with one attached hydrogen (secondary N) is 1. The Morgan fingerprint density at radius 2 is 1.76 bits per heavy atom. The first-order valence-electron chi connectivity index (χ1n) is 9.73. The molecule has 1 fully saturated rings. The van der Waals surface area contributed by atoms with Crippen LogP contribution < -0.4 is 10.1 Å². The second kappa shape index (κ2) is 10.2. The zero-order valence-electron chi connectivity index (χ0n) is 16.4. The zero-order valence-corrected chi connectivity index (χ0v) is 19.3. The van der Waals surface area contributed by atoms with Gasteiger partial charge in [-0.2, -0.15) is 4.31 Å². The summed E-state index contributed by atoms with van der Waals surface area (Å²) in [4.78, 5) is 0.304. The number of nitrogens with zero attached hydrogens (tertiary/aromatic N) is 1. The highest BCUT2D eigenvalue weighted by atomic mass is 127. The van der Waals surface area contributed by atoms with Gasteiger partial charge in [-0.3, -0.25) is 0 Å². The minimum Gasteiger partial charge on any atom is -0.492 e. The summed E-state index contributed by atoms with van der Waals surface area (Å²) in [7, 11) is -3.64. The number of alkyl halides is 1. The van der Waals surface area contributed by atoms with Crippen LogP contribution in [-0.4, -0.2) is 45.0 Å². The Hall–Kier alpha value is -1.23. The van der Waals surface area contributed by atoms with Crippen LogP contribution in [0, 0.1) is 5.82 Å². The maximum Gasteiger partial charge on any atom is 0.243 e. The molecule has 0 aromatic heterocycles. The predicted molar refractivity (Wildman–Crippen MR) is 121 cm³/mol. The van der Waals surface area contributed by atoms with E-state index in [4.69, 9.17) is 4.74 Å². The van der Waals surface area contributed by atoms with Gasteiger partial charge in [-0.05, 0) is 74.8 Å². The molecule has 1 unspecified atom stereocenters. The third-order valence-corrected chi connectivity index (χ3v) is 7.74. The number of hydrogen-bond donors (Lipinski definition) is 1. The predicted octanol–water partition coefficient (Wildman–Crippen LogP) is 4.14. The molecule has 2 aromatic carbocycles. The SMILES string of the molecule is CC(I)c1ccc(S(=O)(=O)N(CCOc2ccc(F)cc2)C2CCNCC2)cc1. The first kappa shape index (κ1) is 22.5. The molecule has 158 valence electrons. The average Bonchev–Trinajstić information content (AvgIpc) is 2.73. The number of ether oxygens (including phenoxy) is 1. The largest absolute Gasteiger partial charge is 0.492 e. The number of piperidine rings is 1. The Labute approximate surface area is 185 Å². The van der Waals surface area contributed by atoms with E-state index in [0.29, 0.717) is 14.6 Å². The van der Waals surface area contributed by atoms with Crippen LogP contribution in [0.25, 0.3) is 0 Å². The van der Waals surface area contributed by atoms with E-state index >= 15 is 0 Å². The van der Waals surface area contributed by atoms with Crippen molar-refractivity contribution in [2.45, 2.75) is 34.6 Å². The van der Waals surface area contributed by atoms with Crippen molar-refractivity contribution in [3.05, 3.63) is 59.9 Å². The normalized spacial score (nSPS) is 16.7. The lowest BCUT2D eigenvalue weighted by Gasteiger charge is -2.33. The van der Waals surface area contributed by atoms with Crippen molar-refractivity contribution >= 4 is 32.6 Å². The topological polar surface area (TPSA) is 58.6 Å². The molecule has 3 rings (SSSR count). The molecule has 0 spiro atoms. The van der Waals surface area contributed by atoms with Gasteiger partial charge < -0.3 is 10.1 Å². The number of benzene rings is 2. The molecule has 0 bridgehead atoms. The van der Waals surface area contributed by atoms with Crippen LogP contribution in [0.3, 0.4) is 0 Å². The van der Waals surface area contributed by atoms with E-state index in [9.17, 15) is 12.8 Å². The van der Waals surface area contributed by atoms with Crippen LogP contribution >= 0.6 is 22.6 Å². The van der Waals surface area contributed by atoms with Crippen molar-refractivity contribution in [2.24, 2.45) is 0 Å². The second-order valence-electron chi connectivity index (χ2n) is 7.08. The van der Waals surface area contributed by atoms with E-state index < -0.39 is 10.0 Å². The molecule has 1 saturated heterocycles. The molecule has 0 radical (unpaired) electrons. The molecule has 1 aliphatic heterocycles. The van der Waals surface area contributed by atoms with Gasteiger partial charge in [0.05, 0.1) is 4.90 Å². The van der Waals surface area contributed by atoms with Crippen molar-refractivity contribution in [3.8, 4) is 5.75 Å². The van der Waals surface area contributed by atoms with Crippen molar-refractivity contribution in [1.29, 1.82) is 0 Å². The number of rotatable bonds is 8. The maximum absolute atomic E-state index is 13.4. The Kier molecular flexibility index (Phi) is 7.89. The van der Waals surface area contributed by atoms with Gasteiger partial charge in [-0.15, -0.1) is 0 Å². The number of sulfonamides is 1. The summed E-state index contributed by atoms with van der Waals surface area (Å²) in [6.07, 6.45) is 1.53. The third kappa shape index (κ3) is 5.90. The van der Waals surface area contributed by atoms with E-state index in [2.05, 4.69) is 34.8 Å². The Bertz CT molecular complexity index is 883. The summed E-state index contributed by atoms with van der Waals surface area (Å²) in [5, 5.41) is 3.28. The molecule has 0 amide bonds. The molecule has 0 saturated carbocycles. The fourth-order valence-corrected chi connectivity index (χ4v) is 5.50. The Morgan fingerprint density at radius 3 is 2.34 bits per heavy atom. The van der Waals surface area contributed by atoms with Crippen molar-refractivity contribution < 1.29 is 17.5 Å². The highest BCUT2D eigenvalue weighted by Gasteiger charge is 2.32. The quantitative estimate of drug-likeness (QED) is 0.410. The van der Waals surface area contributed by atoms with Gasteiger partial charge in [0.25, 0.3) is 0 Å². The highest BCUT2D eigenvalue weighted by Crippen LogP contribution is 2.26. The fraction of sp³-hybridized carbons (Fsp3) is 0.429. The van der Waals surface area contributed by atoms with Crippen molar-refractivity contribution in [3.63, 3.8) is 0 Å². The van der Waals surface area contributed by atoms with Crippen LogP contribution in [0.1, 0.15) is 29.3 Å². The minimum absolute atomic E-state index is 0.0683. The van der Waals surface area contributed by atoms with Gasteiger partial charge in [0.15, 0.2) is 0 Å². The molecule has 8 heteroatoms. The van der Waals surface area contributed by atoms with Gasteiger partial charge in [-0.1, -0.05) is 34.7 Å². The Balaban J connectivity index is 1.77. The Morgan fingerprint density at radius 1 is 1.14 bits per heavy atom. The first-order chi connectivity index (χ1) is 13.9. The lowest BCUT2D eigenvalue weighted by molar-refractivity contribution is 0.215. The van der Waals surface area contributed by atoms with Crippen LogP contribution in [0.4, 0.5) is 4.39 Å². The van der Waals surface area contributed by atoms with E-state index in [1.54, 1.807) is 28.6 Å². The van der Waals surface area contributed by atoms with Crippen LogP contribution in [-0.2, 0) is 10.0 Å². The summed E-state index contributed by atoms with van der Waals surface area (Å²) in [5.41, 5.74) is 1.10. The first-order valence-corrected chi connectivity index (χ1v) is 12.4. The second-order valence-corrected chi connectivity index (χ2v) is 10.8. The zero-order chi connectivity index (χ0) is 20.9. The summed E-state index contributed by atoms with van der Waals surface area (Å²) in [6, 6.07) is 12.8. The molecule has 5 nitrogen and oxygen atoms in total. The summed E-state index contributed by atoms with van der Waals surface area (Å²) < 4.78 is 47.4. The number of hydrogen-bond acceptors (Lipinski definition) is 4. The molecular weight excluding hydrogens is 506 g/mol. The van der Waals surface area contributed by atoms with E-state index in [0.717, 1.165) is 31.5 Å². The molecule has 1 heterocycles. The standard InChI is InChI=1S/C21H26FIN2O3S/c1-16(23)17-2-8-21(9-3-17)29(26,27)25(19-10-12-24-13-11-19)14-15-28-20-6-4-18(22)5-7-20/h2-9,16,19,24H,10-15H2,1H3.